The van der Waals surface area contributed by atoms with Gasteiger partial charge in [-0.05, 0) is 12.1 Å². The largest absolute Gasteiger partial charge is 0.469 e. The number of rotatable bonds is 2. The number of cyclic esters (lactones) is 1. The van der Waals surface area contributed by atoms with Crippen LogP contribution in [0.3, 0.4) is 0 Å². The molecule has 0 saturated carbocycles. The molecule has 1 aliphatic rings. The first-order valence-corrected chi connectivity index (χ1v) is 4.02. The summed E-state index contributed by atoms with van der Waals surface area (Å²) < 4.78 is 10.00. The summed E-state index contributed by atoms with van der Waals surface area (Å²) in [5.74, 6) is 1.15. The van der Waals surface area contributed by atoms with Crippen LogP contribution in [0.1, 0.15) is 12.2 Å². The minimum absolute atomic E-state index is 0.0912. The van der Waals surface area contributed by atoms with Gasteiger partial charge in [-0.15, -0.1) is 0 Å². The van der Waals surface area contributed by atoms with Crippen molar-refractivity contribution in [2.24, 2.45) is 5.92 Å². The molecule has 2 rings (SSSR count). The number of carbonyl (C=O) groups is 1. The first-order valence-electron chi connectivity index (χ1n) is 4.02. The minimum atomic E-state index is -0.0912. The maximum Gasteiger partial charge on any atom is 0.306 e. The third-order valence-corrected chi connectivity index (χ3v) is 2.01. The van der Waals surface area contributed by atoms with Crippen molar-refractivity contribution >= 4 is 5.97 Å². The van der Waals surface area contributed by atoms with Crippen molar-refractivity contribution in [3.63, 3.8) is 0 Å². The highest BCUT2D eigenvalue weighted by Gasteiger charge is 2.24. The Hall–Kier alpha value is -1.25. The molecule has 1 aliphatic heterocycles. The van der Waals surface area contributed by atoms with Crippen LogP contribution in [-0.2, 0) is 16.0 Å². The van der Waals surface area contributed by atoms with E-state index in [4.69, 9.17) is 9.15 Å². The van der Waals surface area contributed by atoms with Crippen LogP contribution in [0.2, 0.25) is 0 Å². The quantitative estimate of drug-likeness (QED) is 0.623. The van der Waals surface area contributed by atoms with Crippen LogP contribution in [0, 0.1) is 5.92 Å². The zero-order valence-corrected chi connectivity index (χ0v) is 6.66. The van der Waals surface area contributed by atoms with Crippen molar-refractivity contribution in [3.8, 4) is 0 Å². The van der Waals surface area contributed by atoms with E-state index in [9.17, 15) is 4.79 Å². The molecule has 2 heterocycles. The average molecular weight is 166 g/mol. The van der Waals surface area contributed by atoms with Gasteiger partial charge in [0.2, 0.25) is 0 Å². The molecule has 1 saturated heterocycles. The molecule has 1 atom stereocenters. The van der Waals surface area contributed by atoms with Gasteiger partial charge in [-0.1, -0.05) is 0 Å². The Balaban J connectivity index is 1.92. The van der Waals surface area contributed by atoms with E-state index >= 15 is 0 Å². The number of carbonyl (C=O) groups excluding carboxylic acids is 1. The van der Waals surface area contributed by atoms with Crippen molar-refractivity contribution in [2.75, 3.05) is 6.61 Å². The lowest BCUT2D eigenvalue weighted by Crippen LogP contribution is -2.02. The second kappa shape index (κ2) is 3.01. The van der Waals surface area contributed by atoms with E-state index in [0.717, 1.165) is 12.2 Å². The third-order valence-electron chi connectivity index (χ3n) is 2.01. The van der Waals surface area contributed by atoms with Crippen LogP contribution in [0.4, 0.5) is 0 Å². The molecular formula is C9H10O3. The first-order chi connectivity index (χ1) is 5.84. The number of ether oxygens (including phenoxy) is 1. The maximum atomic E-state index is 10.7. The molecule has 0 amide bonds. The van der Waals surface area contributed by atoms with Gasteiger partial charge >= 0.3 is 5.97 Å². The Morgan fingerprint density at radius 1 is 1.58 bits per heavy atom. The van der Waals surface area contributed by atoms with Crippen molar-refractivity contribution < 1.29 is 13.9 Å². The van der Waals surface area contributed by atoms with Crippen LogP contribution >= 0.6 is 0 Å². The molecule has 64 valence electrons. The zero-order valence-electron chi connectivity index (χ0n) is 6.66. The van der Waals surface area contributed by atoms with Crippen molar-refractivity contribution in [2.45, 2.75) is 12.8 Å². The van der Waals surface area contributed by atoms with Gasteiger partial charge < -0.3 is 9.15 Å². The number of hydrogen-bond acceptors (Lipinski definition) is 3. The predicted octanol–water partition coefficient (Wildman–Crippen LogP) is 1.39. The van der Waals surface area contributed by atoms with Gasteiger partial charge in [0.15, 0.2) is 0 Å². The van der Waals surface area contributed by atoms with E-state index < -0.39 is 0 Å². The van der Waals surface area contributed by atoms with Crippen molar-refractivity contribution in [1.82, 2.24) is 0 Å². The fraction of sp³-hybridized carbons (Fsp3) is 0.444. The Morgan fingerprint density at radius 3 is 3.08 bits per heavy atom. The summed E-state index contributed by atoms with van der Waals surface area (Å²) in [6.07, 6.45) is 2.98. The van der Waals surface area contributed by atoms with E-state index in [1.165, 1.54) is 0 Å². The normalized spacial score (nSPS) is 22.7. The summed E-state index contributed by atoms with van der Waals surface area (Å²) in [5, 5.41) is 0. The second-order valence-electron chi connectivity index (χ2n) is 3.04. The topological polar surface area (TPSA) is 39.4 Å². The summed E-state index contributed by atoms with van der Waals surface area (Å²) in [7, 11) is 0. The van der Waals surface area contributed by atoms with Crippen LogP contribution in [-0.4, -0.2) is 12.6 Å². The molecule has 1 aromatic heterocycles. The summed E-state index contributed by atoms with van der Waals surface area (Å²) >= 11 is 0. The number of esters is 1. The third kappa shape index (κ3) is 1.49. The van der Waals surface area contributed by atoms with Crippen molar-refractivity contribution in [1.29, 1.82) is 0 Å². The Bertz CT molecular complexity index is 263. The molecule has 0 aromatic carbocycles. The van der Waals surface area contributed by atoms with Gasteiger partial charge in [-0.25, -0.2) is 0 Å². The van der Waals surface area contributed by atoms with Gasteiger partial charge in [0.05, 0.1) is 19.3 Å². The lowest BCUT2D eigenvalue weighted by atomic mass is 10.0. The van der Waals surface area contributed by atoms with E-state index in [-0.39, 0.29) is 5.97 Å². The first kappa shape index (κ1) is 7.40. The Morgan fingerprint density at radius 2 is 2.50 bits per heavy atom. The Labute approximate surface area is 70.3 Å². The van der Waals surface area contributed by atoms with Crippen molar-refractivity contribution in [3.05, 3.63) is 24.2 Å². The highest BCUT2D eigenvalue weighted by molar-refractivity contribution is 5.71. The van der Waals surface area contributed by atoms with Gasteiger partial charge in [0.25, 0.3) is 0 Å². The van der Waals surface area contributed by atoms with Gasteiger partial charge in [-0.3, -0.25) is 4.79 Å². The summed E-state index contributed by atoms with van der Waals surface area (Å²) in [4.78, 5) is 10.7. The molecule has 0 spiro atoms. The van der Waals surface area contributed by atoms with E-state index in [1.807, 2.05) is 12.1 Å². The SMILES string of the molecule is O=C1C[C@H](Cc2ccco2)CO1. The van der Waals surface area contributed by atoms with Gasteiger partial charge in [0, 0.05) is 12.3 Å². The summed E-state index contributed by atoms with van der Waals surface area (Å²) in [5.41, 5.74) is 0. The number of furan rings is 1. The highest BCUT2D eigenvalue weighted by atomic mass is 16.5. The van der Waals surface area contributed by atoms with Gasteiger partial charge in [-0.2, -0.15) is 0 Å². The predicted molar refractivity (Wildman–Crippen MR) is 41.5 cm³/mol. The Kier molecular flexibility index (Phi) is 1.86. The monoisotopic (exact) mass is 166 g/mol. The van der Waals surface area contributed by atoms with Crippen LogP contribution in [0.5, 0.6) is 0 Å². The fourth-order valence-electron chi connectivity index (χ4n) is 1.41. The molecule has 12 heavy (non-hydrogen) atoms. The van der Waals surface area contributed by atoms with Gasteiger partial charge in [0.1, 0.15) is 5.76 Å². The smallest absolute Gasteiger partial charge is 0.306 e. The highest BCUT2D eigenvalue weighted by Crippen LogP contribution is 2.19. The van der Waals surface area contributed by atoms with E-state index in [2.05, 4.69) is 0 Å². The minimum Gasteiger partial charge on any atom is -0.469 e. The average Bonchev–Trinajstić information content (AvgIpc) is 2.63. The van der Waals surface area contributed by atoms with E-state index in [0.29, 0.717) is 18.9 Å². The number of hydrogen-bond donors (Lipinski definition) is 0. The molecule has 0 bridgehead atoms. The molecule has 3 nitrogen and oxygen atoms in total. The van der Waals surface area contributed by atoms with Crippen LogP contribution < -0.4 is 0 Å². The maximum absolute atomic E-state index is 10.7. The molecule has 0 unspecified atom stereocenters. The lowest BCUT2D eigenvalue weighted by Gasteiger charge is -2.00. The summed E-state index contributed by atoms with van der Waals surface area (Å²) in [6, 6.07) is 3.77. The molecule has 0 N–H and O–H groups in total. The molecule has 1 aromatic rings. The molecular weight excluding hydrogens is 156 g/mol. The summed E-state index contributed by atoms with van der Waals surface area (Å²) in [6.45, 7) is 0.541. The van der Waals surface area contributed by atoms with Crippen LogP contribution in [0.15, 0.2) is 22.8 Å². The molecule has 1 fully saturated rings. The lowest BCUT2D eigenvalue weighted by molar-refractivity contribution is -0.137. The van der Waals surface area contributed by atoms with E-state index in [1.54, 1.807) is 6.26 Å². The molecule has 3 heteroatoms. The van der Waals surface area contributed by atoms with Crippen LogP contribution in [0.25, 0.3) is 0 Å². The zero-order chi connectivity index (χ0) is 8.39. The standard InChI is InChI=1S/C9H10O3/c10-9-5-7(6-12-9)4-8-2-1-3-11-8/h1-3,7H,4-6H2/t7-/m0/s1. The molecule has 0 radical (unpaired) electrons. The molecule has 0 aliphatic carbocycles. The fourth-order valence-corrected chi connectivity index (χ4v) is 1.41. The second-order valence-corrected chi connectivity index (χ2v) is 3.04.